The Bertz CT molecular complexity index is 581. The summed E-state index contributed by atoms with van der Waals surface area (Å²) in [5.41, 5.74) is 1.63. The molecule has 0 aliphatic heterocycles. The van der Waals surface area contributed by atoms with Crippen LogP contribution in [0.5, 0.6) is 0 Å². The molecule has 0 atom stereocenters. The molecule has 0 bridgehead atoms. The first-order valence-electron chi connectivity index (χ1n) is 4.59. The number of halogens is 5. The molecule has 0 saturated carbocycles. The molecule has 0 amide bonds. The summed E-state index contributed by atoms with van der Waals surface area (Å²) in [6, 6.07) is 8.91. The van der Waals surface area contributed by atoms with Gasteiger partial charge in [-0.2, -0.15) is 0 Å². The number of hydrogen-bond acceptors (Lipinski definition) is 0. The molecule has 0 nitrogen and oxygen atoms in total. The van der Waals surface area contributed by atoms with Crippen molar-refractivity contribution in [3.63, 3.8) is 0 Å². The quantitative estimate of drug-likeness (QED) is 0.488. The molecule has 2 aromatic rings. The van der Waals surface area contributed by atoms with Gasteiger partial charge in [0.05, 0.1) is 15.1 Å². The molecule has 2 aromatic carbocycles. The molecule has 88 valence electrons. The minimum absolute atomic E-state index is 0.424. The van der Waals surface area contributed by atoms with Crippen LogP contribution in [0.1, 0.15) is 0 Å². The molecule has 0 radical (unpaired) electrons. The number of hydrogen-bond donors (Lipinski definition) is 0. The first-order valence-corrected chi connectivity index (χ1v) is 6.89. The van der Waals surface area contributed by atoms with E-state index in [0.29, 0.717) is 20.1 Å². The number of rotatable bonds is 1. The van der Waals surface area contributed by atoms with Crippen LogP contribution >= 0.6 is 62.3 Å². The molecule has 0 aliphatic carbocycles. The first kappa shape index (κ1) is 13.5. The van der Waals surface area contributed by atoms with Gasteiger partial charge in [0.2, 0.25) is 0 Å². The van der Waals surface area contributed by atoms with E-state index in [9.17, 15) is 0 Å². The summed E-state index contributed by atoms with van der Waals surface area (Å²) in [5, 5.41) is 2.03. The fourth-order valence-corrected chi connectivity index (χ4v) is 2.57. The molecular weight excluding hydrogens is 366 g/mol. The van der Waals surface area contributed by atoms with E-state index in [-0.39, 0.29) is 0 Å². The van der Waals surface area contributed by atoms with Crippen LogP contribution in [0.2, 0.25) is 20.1 Å². The Morgan fingerprint density at radius 2 is 1.53 bits per heavy atom. The maximum atomic E-state index is 6.15. The van der Waals surface area contributed by atoms with Crippen LogP contribution in [0.4, 0.5) is 0 Å². The molecule has 0 unspecified atom stereocenters. The summed E-state index contributed by atoms with van der Waals surface area (Å²) in [5.74, 6) is 0. The molecule has 0 N–H and O–H groups in total. The Morgan fingerprint density at radius 1 is 0.824 bits per heavy atom. The topological polar surface area (TPSA) is 0 Å². The zero-order valence-corrected chi connectivity index (χ0v) is 12.9. The third kappa shape index (κ3) is 2.91. The third-order valence-corrected chi connectivity index (χ3v) is 4.48. The lowest BCUT2D eigenvalue weighted by Crippen LogP contribution is -1.82. The maximum Gasteiger partial charge on any atom is 0.0671 e. The molecule has 17 heavy (non-hydrogen) atoms. The molecule has 0 spiro atoms. The van der Waals surface area contributed by atoms with E-state index in [1.807, 2.05) is 12.1 Å². The summed E-state index contributed by atoms with van der Waals surface area (Å²) in [7, 11) is 0. The van der Waals surface area contributed by atoms with Gasteiger partial charge in [0.1, 0.15) is 0 Å². The van der Waals surface area contributed by atoms with Crippen molar-refractivity contribution in [3.8, 4) is 11.1 Å². The standard InChI is InChI=1S/C12H5BrCl4/c13-9-2-1-6(3-10(9)15)8-4-7(14)5-11(16)12(8)17/h1-5H. The van der Waals surface area contributed by atoms with Crippen molar-refractivity contribution in [1.82, 2.24) is 0 Å². The third-order valence-electron chi connectivity index (χ3n) is 2.22. The van der Waals surface area contributed by atoms with Crippen LogP contribution in [0.3, 0.4) is 0 Å². The van der Waals surface area contributed by atoms with Gasteiger partial charge in [0, 0.05) is 15.1 Å². The van der Waals surface area contributed by atoms with E-state index in [1.54, 1.807) is 18.2 Å². The molecule has 0 aliphatic rings. The smallest absolute Gasteiger partial charge is 0.0671 e. The minimum Gasteiger partial charge on any atom is -0.0843 e. The summed E-state index contributed by atoms with van der Waals surface area (Å²) in [6.45, 7) is 0. The maximum absolute atomic E-state index is 6.15. The average Bonchev–Trinajstić information content (AvgIpc) is 2.27. The van der Waals surface area contributed by atoms with Gasteiger partial charge in [0.25, 0.3) is 0 Å². The van der Waals surface area contributed by atoms with E-state index in [0.717, 1.165) is 15.6 Å². The average molecular weight is 371 g/mol. The Kier molecular flexibility index (Phi) is 4.27. The molecule has 5 heteroatoms. The monoisotopic (exact) mass is 368 g/mol. The summed E-state index contributed by atoms with van der Waals surface area (Å²) in [6.07, 6.45) is 0. The van der Waals surface area contributed by atoms with Crippen molar-refractivity contribution in [2.75, 3.05) is 0 Å². The highest BCUT2D eigenvalue weighted by molar-refractivity contribution is 9.10. The molecule has 0 heterocycles. The van der Waals surface area contributed by atoms with Gasteiger partial charge in [-0.3, -0.25) is 0 Å². The lowest BCUT2D eigenvalue weighted by atomic mass is 10.1. The van der Waals surface area contributed by atoms with Crippen LogP contribution in [0.15, 0.2) is 34.8 Å². The summed E-state index contributed by atoms with van der Waals surface area (Å²) in [4.78, 5) is 0. The predicted molar refractivity (Wildman–Crippen MR) is 79.6 cm³/mol. The first-order chi connectivity index (χ1) is 7.99. The van der Waals surface area contributed by atoms with E-state index in [1.165, 1.54) is 0 Å². The summed E-state index contributed by atoms with van der Waals surface area (Å²) < 4.78 is 0.826. The summed E-state index contributed by atoms with van der Waals surface area (Å²) >= 11 is 27.5. The van der Waals surface area contributed by atoms with Gasteiger partial charge >= 0.3 is 0 Å². The van der Waals surface area contributed by atoms with Crippen LogP contribution in [-0.2, 0) is 0 Å². The lowest BCUT2D eigenvalue weighted by Gasteiger charge is -2.08. The van der Waals surface area contributed by atoms with Gasteiger partial charge in [-0.15, -0.1) is 0 Å². The van der Waals surface area contributed by atoms with Gasteiger partial charge in [-0.05, 0) is 45.8 Å². The van der Waals surface area contributed by atoms with Crippen molar-refractivity contribution in [1.29, 1.82) is 0 Å². The second-order valence-electron chi connectivity index (χ2n) is 3.38. The van der Waals surface area contributed by atoms with Crippen LogP contribution < -0.4 is 0 Å². The van der Waals surface area contributed by atoms with Gasteiger partial charge < -0.3 is 0 Å². The van der Waals surface area contributed by atoms with Gasteiger partial charge in [-0.1, -0.05) is 52.5 Å². The molecule has 0 aromatic heterocycles. The zero-order valence-electron chi connectivity index (χ0n) is 8.28. The predicted octanol–water partition coefficient (Wildman–Crippen LogP) is 6.73. The van der Waals surface area contributed by atoms with E-state index in [2.05, 4.69) is 15.9 Å². The van der Waals surface area contributed by atoms with Crippen molar-refractivity contribution >= 4 is 62.3 Å². The largest absolute Gasteiger partial charge is 0.0843 e. The van der Waals surface area contributed by atoms with E-state index in [4.69, 9.17) is 46.4 Å². The van der Waals surface area contributed by atoms with Crippen molar-refractivity contribution < 1.29 is 0 Å². The Balaban J connectivity index is 2.64. The van der Waals surface area contributed by atoms with Crippen LogP contribution in [0, 0.1) is 0 Å². The second-order valence-corrected chi connectivity index (χ2v) is 5.86. The Labute approximate surface area is 128 Å². The molecule has 0 fully saturated rings. The highest BCUT2D eigenvalue weighted by Crippen LogP contribution is 2.38. The fraction of sp³-hybridized carbons (Fsp3) is 0. The van der Waals surface area contributed by atoms with Gasteiger partial charge in [-0.25, -0.2) is 0 Å². The lowest BCUT2D eigenvalue weighted by molar-refractivity contribution is 1.59. The zero-order chi connectivity index (χ0) is 12.6. The molecular formula is C12H5BrCl4. The number of benzene rings is 2. The molecule has 2 rings (SSSR count). The SMILES string of the molecule is Clc1cc(Cl)c(Cl)c(-c2ccc(Br)c(Cl)c2)c1. The molecule has 0 saturated heterocycles. The van der Waals surface area contributed by atoms with Crippen LogP contribution in [-0.4, -0.2) is 0 Å². The van der Waals surface area contributed by atoms with E-state index >= 15 is 0 Å². The Hall–Kier alpha value is 0.0800. The second kappa shape index (κ2) is 5.38. The minimum atomic E-state index is 0.424. The van der Waals surface area contributed by atoms with E-state index < -0.39 is 0 Å². The van der Waals surface area contributed by atoms with Gasteiger partial charge in [0.15, 0.2) is 0 Å². The highest BCUT2D eigenvalue weighted by Gasteiger charge is 2.10. The van der Waals surface area contributed by atoms with Crippen LogP contribution in [0.25, 0.3) is 11.1 Å². The highest BCUT2D eigenvalue weighted by atomic mass is 79.9. The Morgan fingerprint density at radius 3 is 2.18 bits per heavy atom. The fourth-order valence-electron chi connectivity index (χ4n) is 1.43. The normalized spacial score (nSPS) is 10.6. The van der Waals surface area contributed by atoms with Crippen molar-refractivity contribution in [2.24, 2.45) is 0 Å². The van der Waals surface area contributed by atoms with Crippen molar-refractivity contribution in [3.05, 3.63) is 54.9 Å². The van der Waals surface area contributed by atoms with Crippen molar-refractivity contribution in [2.45, 2.75) is 0 Å².